The van der Waals surface area contributed by atoms with Crippen LogP contribution in [0.3, 0.4) is 0 Å². The summed E-state index contributed by atoms with van der Waals surface area (Å²) in [5.41, 5.74) is 0. The van der Waals surface area contributed by atoms with Crippen LogP contribution in [0.2, 0.25) is 0 Å². The Morgan fingerprint density at radius 1 is 1.35 bits per heavy atom. The van der Waals surface area contributed by atoms with Crippen molar-refractivity contribution in [2.75, 3.05) is 39.8 Å². The molecule has 0 aromatic heterocycles. The van der Waals surface area contributed by atoms with Gasteiger partial charge in [-0.3, -0.25) is 0 Å². The molecule has 0 bridgehead atoms. The lowest BCUT2D eigenvalue weighted by Crippen LogP contribution is -2.39. The van der Waals surface area contributed by atoms with Crippen LogP contribution in [0.25, 0.3) is 0 Å². The van der Waals surface area contributed by atoms with Crippen molar-refractivity contribution in [2.24, 2.45) is 5.92 Å². The first-order valence-electron chi connectivity index (χ1n) is 6.76. The van der Waals surface area contributed by atoms with Crippen molar-refractivity contribution in [1.29, 1.82) is 0 Å². The van der Waals surface area contributed by atoms with Gasteiger partial charge < -0.3 is 19.7 Å². The van der Waals surface area contributed by atoms with Gasteiger partial charge in [0.15, 0.2) is 5.79 Å². The van der Waals surface area contributed by atoms with Crippen LogP contribution in [0.15, 0.2) is 0 Å². The van der Waals surface area contributed by atoms with Crippen molar-refractivity contribution >= 4 is 0 Å². The van der Waals surface area contributed by atoms with Gasteiger partial charge in [-0.15, -0.1) is 0 Å². The summed E-state index contributed by atoms with van der Waals surface area (Å²) < 4.78 is 11.3. The fourth-order valence-corrected chi connectivity index (χ4v) is 2.75. The van der Waals surface area contributed by atoms with Crippen LogP contribution >= 0.6 is 0 Å². The van der Waals surface area contributed by atoms with Crippen molar-refractivity contribution in [1.82, 2.24) is 10.2 Å². The van der Waals surface area contributed by atoms with E-state index >= 15 is 0 Å². The van der Waals surface area contributed by atoms with E-state index in [4.69, 9.17) is 9.47 Å². The Labute approximate surface area is 105 Å². The van der Waals surface area contributed by atoms with E-state index in [-0.39, 0.29) is 6.10 Å². The van der Waals surface area contributed by atoms with Crippen LogP contribution < -0.4 is 5.32 Å². The maximum absolute atomic E-state index is 5.76. The number of rotatable bonds is 4. The summed E-state index contributed by atoms with van der Waals surface area (Å²) in [6.07, 6.45) is 2.90. The van der Waals surface area contributed by atoms with Gasteiger partial charge in [0.05, 0.1) is 12.7 Å². The Balaban J connectivity index is 1.60. The number of ether oxygens (including phenoxy) is 2. The molecule has 2 aliphatic heterocycles. The highest BCUT2D eigenvalue weighted by Crippen LogP contribution is 2.21. The Morgan fingerprint density at radius 3 is 2.82 bits per heavy atom. The van der Waals surface area contributed by atoms with E-state index in [0.717, 1.165) is 19.0 Å². The van der Waals surface area contributed by atoms with Crippen LogP contribution in [0.5, 0.6) is 0 Å². The van der Waals surface area contributed by atoms with Crippen LogP contribution in [-0.2, 0) is 9.47 Å². The molecule has 2 fully saturated rings. The molecular weight excluding hydrogens is 216 g/mol. The van der Waals surface area contributed by atoms with Crippen LogP contribution in [0.4, 0.5) is 0 Å². The summed E-state index contributed by atoms with van der Waals surface area (Å²) in [4.78, 5) is 2.42. The van der Waals surface area contributed by atoms with E-state index in [9.17, 15) is 0 Å². The van der Waals surface area contributed by atoms with Gasteiger partial charge in [0.25, 0.3) is 0 Å². The predicted molar refractivity (Wildman–Crippen MR) is 68.0 cm³/mol. The third-order valence-corrected chi connectivity index (χ3v) is 3.59. The van der Waals surface area contributed by atoms with Gasteiger partial charge >= 0.3 is 0 Å². The lowest BCUT2D eigenvalue weighted by molar-refractivity contribution is -0.137. The van der Waals surface area contributed by atoms with E-state index in [0.29, 0.717) is 6.61 Å². The lowest BCUT2D eigenvalue weighted by Gasteiger charge is -2.30. The third kappa shape index (κ3) is 4.21. The van der Waals surface area contributed by atoms with E-state index in [1.54, 1.807) is 0 Å². The molecule has 2 rings (SSSR count). The molecule has 4 nitrogen and oxygen atoms in total. The molecule has 0 aromatic rings. The Bertz CT molecular complexity index is 244. The molecule has 0 saturated carbocycles. The molecule has 0 aromatic carbocycles. The molecule has 2 unspecified atom stereocenters. The molecule has 0 spiro atoms. The second-order valence-electron chi connectivity index (χ2n) is 5.88. The molecule has 100 valence electrons. The van der Waals surface area contributed by atoms with Crippen molar-refractivity contribution in [3.63, 3.8) is 0 Å². The van der Waals surface area contributed by atoms with Gasteiger partial charge in [0.2, 0.25) is 0 Å². The molecule has 2 aliphatic rings. The number of hydrogen-bond donors (Lipinski definition) is 1. The summed E-state index contributed by atoms with van der Waals surface area (Å²) in [7, 11) is 2.21. The van der Waals surface area contributed by atoms with Crippen molar-refractivity contribution in [3.05, 3.63) is 0 Å². The summed E-state index contributed by atoms with van der Waals surface area (Å²) >= 11 is 0. The average Bonchev–Trinajstić information content (AvgIpc) is 2.58. The average molecular weight is 242 g/mol. The van der Waals surface area contributed by atoms with E-state index in [1.807, 2.05) is 13.8 Å². The highest BCUT2D eigenvalue weighted by Gasteiger charge is 2.32. The summed E-state index contributed by atoms with van der Waals surface area (Å²) in [5, 5.41) is 3.52. The van der Waals surface area contributed by atoms with Gasteiger partial charge in [0.1, 0.15) is 0 Å². The molecular formula is C13H26N2O2. The Hall–Kier alpha value is -0.160. The molecule has 2 atom stereocenters. The minimum atomic E-state index is -0.391. The first-order chi connectivity index (χ1) is 8.05. The van der Waals surface area contributed by atoms with Crippen LogP contribution in [0.1, 0.15) is 26.7 Å². The van der Waals surface area contributed by atoms with Gasteiger partial charge in [-0.25, -0.2) is 0 Å². The monoisotopic (exact) mass is 242 g/mol. The highest BCUT2D eigenvalue weighted by atomic mass is 16.7. The number of piperidine rings is 1. The van der Waals surface area contributed by atoms with Crippen molar-refractivity contribution in [2.45, 2.75) is 38.6 Å². The summed E-state index contributed by atoms with van der Waals surface area (Å²) in [5.74, 6) is 0.404. The minimum absolute atomic E-state index is 0.214. The zero-order chi connectivity index (χ0) is 12.3. The predicted octanol–water partition coefficient (Wildman–Crippen LogP) is 1.07. The normalized spacial score (nSPS) is 34.1. The van der Waals surface area contributed by atoms with Crippen molar-refractivity contribution < 1.29 is 9.47 Å². The Kier molecular flexibility index (Phi) is 4.42. The van der Waals surface area contributed by atoms with E-state index < -0.39 is 5.79 Å². The zero-order valence-corrected chi connectivity index (χ0v) is 11.4. The van der Waals surface area contributed by atoms with Crippen LogP contribution in [0, 0.1) is 5.92 Å². The minimum Gasteiger partial charge on any atom is -0.348 e. The topological polar surface area (TPSA) is 33.7 Å². The highest BCUT2D eigenvalue weighted by molar-refractivity contribution is 4.76. The molecule has 17 heavy (non-hydrogen) atoms. The fourth-order valence-electron chi connectivity index (χ4n) is 2.75. The number of hydrogen-bond acceptors (Lipinski definition) is 4. The van der Waals surface area contributed by atoms with Crippen LogP contribution in [-0.4, -0.2) is 56.6 Å². The SMILES string of the molecule is CN1CCCC(CNCC2COC(C)(C)O2)C1. The van der Waals surface area contributed by atoms with Gasteiger partial charge in [0, 0.05) is 13.1 Å². The van der Waals surface area contributed by atoms with Crippen molar-refractivity contribution in [3.8, 4) is 0 Å². The summed E-state index contributed by atoms with van der Waals surface area (Å²) in [6, 6.07) is 0. The molecule has 0 amide bonds. The Morgan fingerprint density at radius 2 is 2.18 bits per heavy atom. The quantitative estimate of drug-likeness (QED) is 0.799. The first kappa shape index (κ1) is 13.3. The third-order valence-electron chi connectivity index (χ3n) is 3.59. The molecule has 0 aliphatic carbocycles. The molecule has 2 heterocycles. The van der Waals surface area contributed by atoms with Gasteiger partial charge in [-0.2, -0.15) is 0 Å². The number of nitrogens with one attached hydrogen (secondary N) is 1. The second kappa shape index (κ2) is 5.65. The zero-order valence-electron chi connectivity index (χ0n) is 11.4. The molecule has 1 N–H and O–H groups in total. The smallest absolute Gasteiger partial charge is 0.163 e. The number of likely N-dealkylation sites (tertiary alicyclic amines) is 1. The van der Waals surface area contributed by atoms with E-state index in [1.165, 1.54) is 25.9 Å². The first-order valence-corrected chi connectivity index (χ1v) is 6.76. The fraction of sp³-hybridized carbons (Fsp3) is 1.00. The standard InChI is InChI=1S/C13H26N2O2/c1-13(2)16-10-12(17-13)8-14-7-11-5-4-6-15(3)9-11/h11-12,14H,4-10H2,1-3H3. The molecule has 0 radical (unpaired) electrons. The number of nitrogens with zero attached hydrogens (tertiary/aromatic N) is 1. The summed E-state index contributed by atoms with van der Waals surface area (Å²) in [6.45, 7) is 9.15. The second-order valence-corrected chi connectivity index (χ2v) is 5.88. The molecule has 2 saturated heterocycles. The maximum atomic E-state index is 5.76. The largest absolute Gasteiger partial charge is 0.348 e. The lowest BCUT2D eigenvalue weighted by atomic mass is 9.98. The van der Waals surface area contributed by atoms with Gasteiger partial charge in [-0.05, 0) is 52.7 Å². The molecule has 4 heteroatoms. The maximum Gasteiger partial charge on any atom is 0.163 e. The van der Waals surface area contributed by atoms with E-state index in [2.05, 4.69) is 17.3 Å². The van der Waals surface area contributed by atoms with Gasteiger partial charge in [-0.1, -0.05) is 0 Å².